The topological polar surface area (TPSA) is 50.4 Å². The molecule has 0 radical (unpaired) electrons. The van der Waals surface area contributed by atoms with Crippen LogP contribution in [0, 0.1) is 0 Å². The number of fused-ring (bicyclic) bond motifs is 1. The van der Waals surface area contributed by atoms with Crippen LogP contribution in [-0.4, -0.2) is 31.5 Å². The largest absolute Gasteiger partial charge is 0.496 e. The maximum absolute atomic E-state index is 13.1. The van der Waals surface area contributed by atoms with Crippen molar-refractivity contribution in [2.75, 3.05) is 13.7 Å². The minimum absolute atomic E-state index is 0. The molecule has 2 N–H and O–H groups in total. The minimum Gasteiger partial charge on any atom is -0.496 e. The van der Waals surface area contributed by atoms with Crippen LogP contribution in [0.2, 0.25) is 0 Å². The zero-order chi connectivity index (χ0) is 15.0. The van der Waals surface area contributed by atoms with Crippen molar-refractivity contribution in [2.24, 2.45) is 0 Å². The molecule has 0 bridgehead atoms. The zero-order valence-electron chi connectivity index (χ0n) is 12.2. The fourth-order valence-corrected chi connectivity index (χ4v) is 3.14. The molecular formula is C15H19ClF2N2O2. The van der Waals surface area contributed by atoms with Crippen LogP contribution in [0.25, 0.3) is 0 Å². The lowest BCUT2D eigenvalue weighted by Gasteiger charge is -2.18. The molecule has 4 nitrogen and oxygen atoms in total. The smallest absolute Gasteiger partial charge is 0.262 e. The van der Waals surface area contributed by atoms with Crippen LogP contribution in [0.15, 0.2) is 18.2 Å². The fourth-order valence-electron chi connectivity index (χ4n) is 3.14. The number of hydrogen-bond donors (Lipinski definition) is 2. The van der Waals surface area contributed by atoms with Crippen molar-refractivity contribution < 1.29 is 18.3 Å². The van der Waals surface area contributed by atoms with Gasteiger partial charge in [-0.2, -0.15) is 0 Å². The Morgan fingerprint density at radius 1 is 1.45 bits per heavy atom. The number of nitrogens with one attached hydrogen (secondary N) is 2. The van der Waals surface area contributed by atoms with Crippen molar-refractivity contribution in [2.45, 2.75) is 37.3 Å². The van der Waals surface area contributed by atoms with E-state index in [9.17, 15) is 13.6 Å². The van der Waals surface area contributed by atoms with Crippen LogP contribution in [0.3, 0.4) is 0 Å². The third-order valence-electron chi connectivity index (χ3n) is 4.19. The van der Waals surface area contributed by atoms with Crippen LogP contribution in [0.4, 0.5) is 8.78 Å². The highest BCUT2D eigenvalue weighted by atomic mass is 35.5. The first-order valence-electron chi connectivity index (χ1n) is 7.07. The molecule has 1 amide bonds. The van der Waals surface area contributed by atoms with Gasteiger partial charge in [-0.1, -0.05) is 12.1 Å². The van der Waals surface area contributed by atoms with Crippen molar-refractivity contribution in [3.63, 3.8) is 0 Å². The van der Waals surface area contributed by atoms with Gasteiger partial charge in [0.05, 0.1) is 25.7 Å². The number of rotatable bonds is 3. The van der Waals surface area contributed by atoms with Crippen LogP contribution >= 0.6 is 12.4 Å². The van der Waals surface area contributed by atoms with E-state index in [1.165, 1.54) is 0 Å². The minimum atomic E-state index is -2.79. The second kappa shape index (κ2) is 6.38. The van der Waals surface area contributed by atoms with Gasteiger partial charge in [0.15, 0.2) is 0 Å². The summed E-state index contributed by atoms with van der Waals surface area (Å²) in [5, 5.41) is 5.46. The van der Waals surface area contributed by atoms with E-state index in [1.807, 2.05) is 18.2 Å². The zero-order valence-corrected chi connectivity index (χ0v) is 13.0. The number of halogens is 3. The molecule has 2 aliphatic rings. The van der Waals surface area contributed by atoms with Gasteiger partial charge >= 0.3 is 0 Å². The molecule has 2 unspecified atom stereocenters. The first kappa shape index (κ1) is 17.0. The number of methoxy groups -OCH3 is 1. The predicted octanol–water partition coefficient (Wildman–Crippen LogP) is 2.22. The van der Waals surface area contributed by atoms with Gasteiger partial charge in [-0.25, -0.2) is 8.78 Å². The summed E-state index contributed by atoms with van der Waals surface area (Å²) in [6.45, 7) is -0.430. The molecule has 1 saturated heterocycles. The Balaban J connectivity index is 0.00000176. The van der Waals surface area contributed by atoms with Crippen molar-refractivity contribution in [1.29, 1.82) is 0 Å². The first-order chi connectivity index (χ1) is 10.00. The lowest BCUT2D eigenvalue weighted by atomic mass is 10.1. The molecule has 22 heavy (non-hydrogen) atoms. The summed E-state index contributed by atoms with van der Waals surface area (Å²) in [4.78, 5) is 12.1. The van der Waals surface area contributed by atoms with E-state index in [0.717, 1.165) is 29.7 Å². The van der Waals surface area contributed by atoms with E-state index in [0.29, 0.717) is 0 Å². The van der Waals surface area contributed by atoms with Gasteiger partial charge in [0.1, 0.15) is 5.75 Å². The number of amides is 1. The number of benzene rings is 1. The average molecular weight is 333 g/mol. The molecule has 1 fully saturated rings. The summed E-state index contributed by atoms with van der Waals surface area (Å²) in [6, 6.07) is 4.78. The highest BCUT2D eigenvalue weighted by molar-refractivity contribution is 5.85. The number of carbonyl (C=O) groups excluding carboxylic acids is 1. The molecule has 1 heterocycles. The molecular weight excluding hydrogens is 314 g/mol. The highest BCUT2D eigenvalue weighted by Crippen LogP contribution is 2.37. The molecule has 1 aliphatic carbocycles. The van der Waals surface area contributed by atoms with Crippen LogP contribution in [-0.2, 0) is 11.2 Å². The average Bonchev–Trinajstić information content (AvgIpc) is 3.02. The van der Waals surface area contributed by atoms with Gasteiger partial charge in [-0.15, -0.1) is 12.4 Å². The number of ether oxygens (including phenoxy) is 1. The molecule has 0 spiro atoms. The van der Waals surface area contributed by atoms with Gasteiger partial charge in [0.2, 0.25) is 5.91 Å². The molecule has 3 rings (SSSR count). The molecule has 0 saturated carbocycles. The first-order valence-corrected chi connectivity index (χ1v) is 7.07. The number of carbonyl (C=O) groups is 1. The Bertz CT molecular complexity index is 568. The lowest BCUT2D eigenvalue weighted by molar-refractivity contribution is -0.124. The van der Waals surface area contributed by atoms with E-state index in [1.54, 1.807) is 7.11 Å². The van der Waals surface area contributed by atoms with E-state index in [2.05, 4.69) is 10.6 Å². The van der Waals surface area contributed by atoms with E-state index < -0.39 is 24.9 Å². The summed E-state index contributed by atoms with van der Waals surface area (Å²) in [5.74, 6) is -2.33. The van der Waals surface area contributed by atoms with Crippen molar-refractivity contribution in [3.05, 3.63) is 29.3 Å². The Kier molecular flexibility index (Phi) is 4.92. The summed E-state index contributed by atoms with van der Waals surface area (Å²) >= 11 is 0. The van der Waals surface area contributed by atoms with E-state index in [-0.39, 0.29) is 24.4 Å². The summed E-state index contributed by atoms with van der Waals surface area (Å²) in [7, 11) is 1.62. The quantitative estimate of drug-likeness (QED) is 0.892. The van der Waals surface area contributed by atoms with Crippen molar-refractivity contribution in [3.8, 4) is 5.75 Å². The molecule has 0 aromatic heterocycles. The Labute approximate surface area is 134 Å². The van der Waals surface area contributed by atoms with Crippen LogP contribution in [0.1, 0.15) is 30.0 Å². The van der Waals surface area contributed by atoms with Gasteiger partial charge < -0.3 is 10.1 Å². The monoisotopic (exact) mass is 332 g/mol. The molecule has 122 valence electrons. The standard InChI is InChI=1S/C15H18F2N2O2.ClH/c1-21-13-4-2-3-9-10(13)5-6-11(9)19-14(20)12-7-15(16,17)8-18-12;/h2-4,11-12,18H,5-8H2,1H3,(H,19,20);1H. The molecule has 7 heteroatoms. The Hall–Kier alpha value is -1.40. The SMILES string of the molecule is COc1cccc2c1CCC2NC(=O)C1CC(F)(F)CN1.Cl. The van der Waals surface area contributed by atoms with Gasteiger partial charge in [-0.3, -0.25) is 10.1 Å². The second-order valence-corrected chi connectivity index (χ2v) is 5.62. The maximum Gasteiger partial charge on any atom is 0.262 e. The van der Waals surface area contributed by atoms with Crippen LogP contribution < -0.4 is 15.4 Å². The summed E-state index contributed by atoms with van der Waals surface area (Å²) in [5.41, 5.74) is 2.11. The number of alkyl halides is 2. The summed E-state index contributed by atoms with van der Waals surface area (Å²) < 4.78 is 31.6. The molecule has 2 atom stereocenters. The Morgan fingerprint density at radius 2 is 2.23 bits per heavy atom. The van der Waals surface area contributed by atoms with Gasteiger partial charge in [-0.05, 0) is 30.0 Å². The third kappa shape index (κ3) is 3.17. The maximum atomic E-state index is 13.1. The Morgan fingerprint density at radius 3 is 2.86 bits per heavy atom. The predicted molar refractivity (Wildman–Crippen MR) is 80.8 cm³/mol. The van der Waals surface area contributed by atoms with Crippen molar-refractivity contribution in [1.82, 2.24) is 10.6 Å². The van der Waals surface area contributed by atoms with Gasteiger partial charge in [0.25, 0.3) is 5.92 Å². The third-order valence-corrected chi connectivity index (χ3v) is 4.19. The molecule has 1 aromatic rings. The van der Waals surface area contributed by atoms with E-state index >= 15 is 0 Å². The van der Waals surface area contributed by atoms with Gasteiger partial charge in [0, 0.05) is 6.42 Å². The summed E-state index contributed by atoms with van der Waals surface area (Å²) in [6.07, 6.45) is 1.15. The number of hydrogen-bond acceptors (Lipinski definition) is 3. The van der Waals surface area contributed by atoms with E-state index in [4.69, 9.17) is 4.74 Å². The fraction of sp³-hybridized carbons (Fsp3) is 0.533. The highest BCUT2D eigenvalue weighted by Gasteiger charge is 2.43. The molecule has 1 aromatic carbocycles. The second-order valence-electron chi connectivity index (χ2n) is 5.62. The van der Waals surface area contributed by atoms with Crippen molar-refractivity contribution >= 4 is 18.3 Å². The van der Waals surface area contributed by atoms with Crippen LogP contribution in [0.5, 0.6) is 5.75 Å². The lowest BCUT2D eigenvalue weighted by Crippen LogP contribution is -2.41. The molecule has 1 aliphatic heterocycles. The normalized spacial score (nSPS) is 25.2.